The molecular formula is C16H24N2O2. The van der Waals surface area contributed by atoms with Crippen LogP contribution in [0.4, 0.5) is 5.69 Å². The van der Waals surface area contributed by atoms with Gasteiger partial charge in [-0.25, -0.2) is 0 Å². The fourth-order valence-electron chi connectivity index (χ4n) is 2.39. The highest BCUT2D eigenvalue weighted by molar-refractivity contribution is 5.99. The van der Waals surface area contributed by atoms with Crippen LogP contribution >= 0.6 is 0 Å². The van der Waals surface area contributed by atoms with Gasteiger partial charge in [-0.3, -0.25) is 4.79 Å². The summed E-state index contributed by atoms with van der Waals surface area (Å²) in [6.45, 7) is 6.61. The molecule has 1 aliphatic heterocycles. The molecule has 0 spiro atoms. The van der Waals surface area contributed by atoms with Crippen LogP contribution in [-0.2, 0) is 4.79 Å². The Bertz CT molecular complexity index is 431. The van der Waals surface area contributed by atoms with Gasteiger partial charge in [0, 0.05) is 12.2 Å². The molecule has 0 saturated carbocycles. The van der Waals surface area contributed by atoms with Gasteiger partial charge in [-0.15, -0.1) is 0 Å². The summed E-state index contributed by atoms with van der Waals surface area (Å²) in [4.78, 5) is 14.2. The van der Waals surface area contributed by atoms with Gasteiger partial charge in [0.2, 0.25) is 5.91 Å². The van der Waals surface area contributed by atoms with E-state index in [2.05, 4.69) is 19.2 Å². The van der Waals surface area contributed by atoms with Crippen molar-refractivity contribution >= 4 is 11.6 Å². The predicted octanol–water partition coefficient (Wildman–Crippen LogP) is 2.58. The molecule has 1 atom stereocenters. The second-order valence-corrected chi connectivity index (χ2v) is 5.13. The molecule has 4 nitrogen and oxygen atoms in total. The van der Waals surface area contributed by atoms with Crippen molar-refractivity contribution in [3.8, 4) is 5.75 Å². The molecule has 0 radical (unpaired) electrons. The molecule has 1 aliphatic rings. The number of hydrogen-bond donors (Lipinski definition) is 1. The zero-order valence-electron chi connectivity index (χ0n) is 12.4. The maximum Gasteiger partial charge on any atom is 0.244 e. The Kier molecular flexibility index (Phi) is 5.41. The SMILES string of the molecule is CCCNC1CCN(c2ccc(OCCC)cc2)C1=O. The van der Waals surface area contributed by atoms with Crippen molar-refractivity contribution < 1.29 is 9.53 Å². The van der Waals surface area contributed by atoms with E-state index < -0.39 is 0 Å². The van der Waals surface area contributed by atoms with E-state index in [9.17, 15) is 4.79 Å². The maximum absolute atomic E-state index is 12.3. The van der Waals surface area contributed by atoms with Crippen molar-refractivity contribution in [1.29, 1.82) is 0 Å². The molecule has 1 aromatic rings. The lowest BCUT2D eigenvalue weighted by molar-refractivity contribution is -0.118. The first-order chi connectivity index (χ1) is 9.76. The molecule has 1 N–H and O–H groups in total. The van der Waals surface area contributed by atoms with Crippen molar-refractivity contribution in [3.05, 3.63) is 24.3 Å². The van der Waals surface area contributed by atoms with Gasteiger partial charge in [-0.2, -0.15) is 0 Å². The molecule has 1 saturated heterocycles. The summed E-state index contributed by atoms with van der Waals surface area (Å²) in [5.74, 6) is 1.04. The van der Waals surface area contributed by atoms with Gasteiger partial charge in [0.25, 0.3) is 0 Å². The highest BCUT2D eigenvalue weighted by Crippen LogP contribution is 2.24. The lowest BCUT2D eigenvalue weighted by Crippen LogP contribution is -2.38. The highest BCUT2D eigenvalue weighted by atomic mass is 16.5. The summed E-state index contributed by atoms with van der Waals surface area (Å²) in [7, 11) is 0. The van der Waals surface area contributed by atoms with Gasteiger partial charge < -0.3 is 15.0 Å². The van der Waals surface area contributed by atoms with Crippen molar-refractivity contribution in [2.45, 2.75) is 39.2 Å². The molecule has 0 aromatic heterocycles. The fourth-order valence-corrected chi connectivity index (χ4v) is 2.39. The average molecular weight is 276 g/mol. The third-order valence-corrected chi connectivity index (χ3v) is 3.47. The van der Waals surface area contributed by atoms with E-state index in [1.807, 2.05) is 29.2 Å². The third kappa shape index (κ3) is 3.51. The minimum absolute atomic E-state index is 0.0223. The summed E-state index contributed by atoms with van der Waals surface area (Å²) < 4.78 is 5.56. The van der Waals surface area contributed by atoms with Crippen molar-refractivity contribution in [1.82, 2.24) is 5.32 Å². The van der Waals surface area contributed by atoms with E-state index >= 15 is 0 Å². The van der Waals surface area contributed by atoms with Crippen LogP contribution < -0.4 is 15.0 Å². The lowest BCUT2D eigenvalue weighted by atomic mass is 10.2. The van der Waals surface area contributed by atoms with Crippen LogP contribution in [0.3, 0.4) is 0 Å². The Morgan fingerprint density at radius 1 is 1.25 bits per heavy atom. The van der Waals surface area contributed by atoms with Crippen LogP contribution in [0.5, 0.6) is 5.75 Å². The van der Waals surface area contributed by atoms with Gasteiger partial charge in [0.1, 0.15) is 5.75 Å². The molecule has 2 rings (SSSR count). The maximum atomic E-state index is 12.3. The van der Waals surface area contributed by atoms with Crippen LogP contribution in [0, 0.1) is 0 Å². The zero-order valence-corrected chi connectivity index (χ0v) is 12.4. The first kappa shape index (κ1) is 14.9. The summed E-state index contributed by atoms with van der Waals surface area (Å²) in [5.41, 5.74) is 0.958. The Morgan fingerprint density at radius 2 is 2.00 bits per heavy atom. The van der Waals surface area contributed by atoms with E-state index in [0.29, 0.717) is 0 Å². The average Bonchev–Trinajstić information content (AvgIpc) is 2.84. The lowest BCUT2D eigenvalue weighted by Gasteiger charge is -2.17. The molecule has 1 amide bonds. The Balaban J connectivity index is 1.96. The second kappa shape index (κ2) is 7.29. The predicted molar refractivity (Wildman–Crippen MR) is 81.3 cm³/mol. The molecule has 1 aromatic carbocycles. The number of carbonyl (C=O) groups excluding carboxylic acids is 1. The molecule has 0 bridgehead atoms. The largest absolute Gasteiger partial charge is 0.494 e. The monoisotopic (exact) mass is 276 g/mol. The van der Waals surface area contributed by atoms with Crippen LogP contribution in [-0.4, -0.2) is 31.6 Å². The number of amides is 1. The van der Waals surface area contributed by atoms with Crippen LogP contribution in [0.15, 0.2) is 24.3 Å². The Hall–Kier alpha value is -1.55. The third-order valence-electron chi connectivity index (χ3n) is 3.47. The van der Waals surface area contributed by atoms with Crippen molar-refractivity contribution in [3.63, 3.8) is 0 Å². The number of carbonyl (C=O) groups is 1. The summed E-state index contributed by atoms with van der Waals surface area (Å²) in [6.07, 6.45) is 2.93. The molecular weight excluding hydrogens is 252 g/mol. The molecule has 1 unspecified atom stereocenters. The van der Waals surface area contributed by atoms with Gasteiger partial charge >= 0.3 is 0 Å². The number of hydrogen-bond acceptors (Lipinski definition) is 3. The fraction of sp³-hybridized carbons (Fsp3) is 0.562. The van der Waals surface area contributed by atoms with Crippen molar-refractivity contribution in [2.24, 2.45) is 0 Å². The van der Waals surface area contributed by atoms with Crippen LogP contribution in [0.25, 0.3) is 0 Å². The van der Waals surface area contributed by atoms with Crippen molar-refractivity contribution in [2.75, 3.05) is 24.6 Å². The van der Waals surface area contributed by atoms with E-state index in [-0.39, 0.29) is 11.9 Å². The van der Waals surface area contributed by atoms with Gasteiger partial charge in [0.15, 0.2) is 0 Å². The minimum atomic E-state index is -0.0223. The van der Waals surface area contributed by atoms with Gasteiger partial charge in [-0.05, 0) is 50.1 Å². The molecule has 4 heteroatoms. The Morgan fingerprint density at radius 3 is 2.65 bits per heavy atom. The van der Waals surface area contributed by atoms with Crippen LogP contribution in [0.1, 0.15) is 33.1 Å². The van der Waals surface area contributed by atoms with Gasteiger partial charge in [0.05, 0.1) is 12.6 Å². The number of rotatable bonds is 7. The van der Waals surface area contributed by atoms with E-state index in [1.165, 1.54) is 0 Å². The molecule has 110 valence electrons. The summed E-state index contributed by atoms with van der Waals surface area (Å²) >= 11 is 0. The first-order valence-corrected chi connectivity index (χ1v) is 7.54. The summed E-state index contributed by atoms with van der Waals surface area (Å²) in [5, 5.41) is 3.30. The van der Waals surface area contributed by atoms with Crippen LogP contribution in [0.2, 0.25) is 0 Å². The number of nitrogens with zero attached hydrogens (tertiary/aromatic N) is 1. The minimum Gasteiger partial charge on any atom is -0.494 e. The first-order valence-electron chi connectivity index (χ1n) is 7.54. The van der Waals surface area contributed by atoms with E-state index in [0.717, 1.165) is 50.4 Å². The zero-order chi connectivity index (χ0) is 14.4. The normalized spacial score (nSPS) is 18.6. The highest BCUT2D eigenvalue weighted by Gasteiger charge is 2.31. The number of anilines is 1. The number of ether oxygens (including phenoxy) is 1. The summed E-state index contributed by atoms with van der Waals surface area (Å²) in [6, 6.07) is 7.78. The second-order valence-electron chi connectivity index (χ2n) is 5.13. The smallest absolute Gasteiger partial charge is 0.244 e. The van der Waals surface area contributed by atoms with E-state index in [4.69, 9.17) is 4.74 Å². The quantitative estimate of drug-likeness (QED) is 0.832. The molecule has 0 aliphatic carbocycles. The van der Waals surface area contributed by atoms with Gasteiger partial charge in [-0.1, -0.05) is 13.8 Å². The van der Waals surface area contributed by atoms with E-state index in [1.54, 1.807) is 0 Å². The topological polar surface area (TPSA) is 41.6 Å². The number of benzene rings is 1. The molecule has 20 heavy (non-hydrogen) atoms. The molecule has 1 heterocycles. The Labute approximate surface area is 121 Å². The number of nitrogens with one attached hydrogen (secondary N) is 1. The standard InChI is InChI=1S/C16H24N2O2/c1-3-10-17-15-9-11-18(16(15)19)13-5-7-14(8-6-13)20-12-4-2/h5-8,15,17H,3-4,9-12H2,1-2H3. The molecule has 1 fully saturated rings.